The molecule has 1 N–H and O–H groups in total. The second kappa shape index (κ2) is 6.39. The van der Waals surface area contributed by atoms with Crippen LogP contribution in [0, 0.1) is 13.8 Å². The molecule has 0 aliphatic carbocycles. The van der Waals surface area contributed by atoms with Crippen molar-refractivity contribution in [2.75, 3.05) is 26.2 Å². The number of rotatable bonds is 5. The minimum atomic E-state index is 0.382. The molecule has 0 saturated carbocycles. The number of likely N-dealkylation sites (tertiary alicyclic amines) is 1. The normalized spacial score (nSPS) is 19.1. The maximum Gasteiger partial charge on any atom is 0.105 e. The number of nitrogens with zero attached hydrogens (tertiary/aromatic N) is 1. The van der Waals surface area contributed by atoms with Crippen molar-refractivity contribution in [2.24, 2.45) is 0 Å². The van der Waals surface area contributed by atoms with Crippen LogP contribution in [0.25, 0.3) is 0 Å². The van der Waals surface area contributed by atoms with E-state index in [-0.39, 0.29) is 0 Å². The Morgan fingerprint density at radius 1 is 1.28 bits per heavy atom. The Kier molecular flexibility index (Phi) is 4.84. The molecule has 3 heteroatoms. The molecule has 1 aliphatic heterocycles. The van der Waals surface area contributed by atoms with Crippen molar-refractivity contribution >= 4 is 0 Å². The van der Waals surface area contributed by atoms with Crippen LogP contribution in [0.5, 0.6) is 0 Å². The Labute approximate surface area is 111 Å². The van der Waals surface area contributed by atoms with E-state index in [1.807, 2.05) is 13.8 Å². The van der Waals surface area contributed by atoms with E-state index in [1.54, 1.807) is 0 Å². The summed E-state index contributed by atoms with van der Waals surface area (Å²) >= 11 is 0. The molecule has 2 rings (SSSR count). The van der Waals surface area contributed by atoms with E-state index in [1.165, 1.54) is 44.5 Å². The lowest BCUT2D eigenvalue weighted by Gasteiger charge is -2.27. The van der Waals surface area contributed by atoms with Gasteiger partial charge in [-0.15, -0.1) is 0 Å². The van der Waals surface area contributed by atoms with Crippen LogP contribution in [-0.4, -0.2) is 31.1 Å². The van der Waals surface area contributed by atoms with Crippen LogP contribution < -0.4 is 5.32 Å². The zero-order chi connectivity index (χ0) is 13.0. The van der Waals surface area contributed by atoms with Gasteiger partial charge >= 0.3 is 0 Å². The van der Waals surface area contributed by atoms with Crippen LogP contribution >= 0.6 is 0 Å². The van der Waals surface area contributed by atoms with E-state index in [0.29, 0.717) is 6.04 Å². The molecule has 0 aromatic carbocycles. The summed E-state index contributed by atoms with van der Waals surface area (Å²) in [4.78, 5) is 2.57. The van der Waals surface area contributed by atoms with Gasteiger partial charge in [0.2, 0.25) is 0 Å². The summed E-state index contributed by atoms with van der Waals surface area (Å²) in [6, 6.07) is 2.53. The third kappa shape index (κ3) is 3.59. The van der Waals surface area contributed by atoms with Crippen molar-refractivity contribution in [1.29, 1.82) is 0 Å². The van der Waals surface area contributed by atoms with Gasteiger partial charge in [-0.3, -0.25) is 0 Å². The molecule has 102 valence electrons. The van der Waals surface area contributed by atoms with Gasteiger partial charge in [-0.25, -0.2) is 0 Å². The summed E-state index contributed by atoms with van der Waals surface area (Å²) in [7, 11) is 0. The van der Waals surface area contributed by atoms with Crippen molar-refractivity contribution in [3.8, 4) is 0 Å². The lowest BCUT2D eigenvalue weighted by molar-refractivity contribution is 0.227. The maximum atomic E-state index is 5.58. The van der Waals surface area contributed by atoms with Gasteiger partial charge in [0.15, 0.2) is 0 Å². The lowest BCUT2D eigenvalue weighted by Crippen LogP contribution is -2.36. The average molecular weight is 250 g/mol. The topological polar surface area (TPSA) is 28.4 Å². The number of nitrogens with one attached hydrogen (secondary N) is 1. The minimum absolute atomic E-state index is 0.382. The Morgan fingerprint density at radius 2 is 2.00 bits per heavy atom. The van der Waals surface area contributed by atoms with Gasteiger partial charge in [-0.05, 0) is 52.8 Å². The van der Waals surface area contributed by atoms with Crippen molar-refractivity contribution in [3.05, 3.63) is 23.2 Å². The minimum Gasteiger partial charge on any atom is -0.466 e. The van der Waals surface area contributed by atoms with Crippen molar-refractivity contribution in [1.82, 2.24) is 10.2 Å². The van der Waals surface area contributed by atoms with Crippen molar-refractivity contribution < 1.29 is 4.42 Å². The largest absolute Gasteiger partial charge is 0.466 e. The van der Waals surface area contributed by atoms with E-state index < -0.39 is 0 Å². The molecule has 1 aromatic rings. The van der Waals surface area contributed by atoms with E-state index in [0.717, 1.165) is 18.1 Å². The molecule has 0 radical (unpaired) electrons. The van der Waals surface area contributed by atoms with Crippen LogP contribution in [-0.2, 0) is 0 Å². The molecule has 0 spiro atoms. The van der Waals surface area contributed by atoms with E-state index in [9.17, 15) is 0 Å². The molecule has 1 atom stereocenters. The molecule has 0 bridgehead atoms. The SMILES string of the molecule is Cc1cc(C(C)NCCN2CCCCC2)c(C)o1. The average Bonchev–Trinajstić information content (AvgIpc) is 2.70. The fourth-order valence-electron chi connectivity index (χ4n) is 2.81. The van der Waals surface area contributed by atoms with Crippen LogP contribution in [0.15, 0.2) is 10.5 Å². The first kappa shape index (κ1) is 13.6. The first-order valence-corrected chi connectivity index (χ1v) is 7.19. The zero-order valence-electron chi connectivity index (χ0n) is 12.0. The summed E-state index contributed by atoms with van der Waals surface area (Å²) in [5.74, 6) is 2.05. The molecule has 1 aromatic heterocycles. The molecule has 0 amide bonds. The van der Waals surface area contributed by atoms with Gasteiger partial charge in [0, 0.05) is 24.7 Å². The Balaban J connectivity index is 1.74. The fourth-order valence-corrected chi connectivity index (χ4v) is 2.81. The lowest BCUT2D eigenvalue weighted by atomic mass is 10.1. The highest BCUT2D eigenvalue weighted by Gasteiger charge is 2.13. The highest BCUT2D eigenvalue weighted by Crippen LogP contribution is 2.20. The van der Waals surface area contributed by atoms with Gasteiger partial charge in [0.05, 0.1) is 0 Å². The van der Waals surface area contributed by atoms with E-state index >= 15 is 0 Å². The molecule has 1 aliphatic rings. The number of hydrogen-bond donors (Lipinski definition) is 1. The molecular formula is C15H26N2O. The number of piperidine rings is 1. The van der Waals surface area contributed by atoms with E-state index in [4.69, 9.17) is 4.42 Å². The van der Waals surface area contributed by atoms with Gasteiger partial charge in [0.1, 0.15) is 11.5 Å². The predicted molar refractivity (Wildman–Crippen MR) is 74.9 cm³/mol. The highest BCUT2D eigenvalue weighted by molar-refractivity contribution is 5.23. The van der Waals surface area contributed by atoms with Crippen LogP contribution in [0.3, 0.4) is 0 Å². The second-order valence-electron chi connectivity index (χ2n) is 5.45. The first-order valence-electron chi connectivity index (χ1n) is 7.19. The Bertz CT molecular complexity index is 367. The number of hydrogen-bond acceptors (Lipinski definition) is 3. The Morgan fingerprint density at radius 3 is 2.61 bits per heavy atom. The first-order chi connectivity index (χ1) is 8.66. The molecule has 1 unspecified atom stereocenters. The predicted octanol–water partition coefficient (Wildman–Crippen LogP) is 3.03. The monoisotopic (exact) mass is 250 g/mol. The summed E-state index contributed by atoms with van der Waals surface area (Å²) in [5.41, 5.74) is 1.30. The summed E-state index contributed by atoms with van der Waals surface area (Å²) in [6.07, 6.45) is 4.15. The highest BCUT2D eigenvalue weighted by atomic mass is 16.3. The quantitative estimate of drug-likeness (QED) is 0.870. The van der Waals surface area contributed by atoms with Gasteiger partial charge in [0.25, 0.3) is 0 Å². The van der Waals surface area contributed by atoms with Crippen LogP contribution in [0.1, 0.15) is 49.3 Å². The molecule has 18 heavy (non-hydrogen) atoms. The molecule has 1 saturated heterocycles. The number of furan rings is 1. The molecule has 2 heterocycles. The van der Waals surface area contributed by atoms with Crippen LogP contribution in [0.4, 0.5) is 0 Å². The second-order valence-corrected chi connectivity index (χ2v) is 5.45. The van der Waals surface area contributed by atoms with Gasteiger partial charge < -0.3 is 14.6 Å². The smallest absolute Gasteiger partial charge is 0.105 e. The van der Waals surface area contributed by atoms with E-state index in [2.05, 4.69) is 23.2 Å². The van der Waals surface area contributed by atoms with Crippen LogP contribution in [0.2, 0.25) is 0 Å². The van der Waals surface area contributed by atoms with Crippen molar-refractivity contribution in [2.45, 2.75) is 46.1 Å². The zero-order valence-corrected chi connectivity index (χ0v) is 12.0. The summed E-state index contributed by atoms with van der Waals surface area (Å²) in [5, 5.41) is 3.60. The summed E-state index contributed by atoms with van der Waals surface area (Å²) < 4.78 is 5.58. The summed E-state index contributed by atoms with van der Waals surface area (Å²) in [6.45, 7) is 11.1. The third-order valence-electron chi connectivity index (χ3n) is 3.87. The third-order valence-corrected chi connectivity index (χ3v) is 3.87. The molecule has 3 nitrogen and oxygen atoms in total. The Hall–Kier alpha value is -0.800. The molecule has 1 fully saturated rings. The van der Waals surface area contributed by atoms with Crippen molar-refractivity contribution in [3.63, 3.8) is 0 Å². The fraction of sp³-hybridized carbons (Fsp3) is 0.733. The van der Waals surface area contributed by atoms with Gasteiger partial charge in [-0.2, -0.15) is 0 Å². The maximum absolute atomic E-state index is 5.58. The van der Waals surface area contributed by atoms with Gasteiger partial charge in [-0.1, -0.05) is 6.42 Å². The molecular weight excluding hydrogens is 224 g/mol. The standard InChI is InChI=1S/C15H26N2O/c1-12-11-15(14(3)18-12)13(2)16-7-10-17-8-5-4-6-9-17/h11,13,16H,4-10H2,1-3H3. The number of aryl methyl sites for hydroxylation is 2.